The van der Waals surface area contributed by atoms with Gasteiger partial charge in [-0.1, -0.05) is 11.6 Å². The van der Waals surface area contributed by atoms with Gasteiger partial charge in [-0.25, -0.2) is 0 Å². The first-order valence-electron chi connectivity index (χ1n) is 3.64. The molecule has 0 fully saturated rings. The van der Waals surface area contributed by atoms with Gasteiger partial charge in [0.15, 0.2) is 0 Å². The second kappa shape index (κ2) is 3.42. The highest BCUT2D eigenvalue weighted by atomic mass is 35.5. The van der Waals surface area contributed by atoms with E-state index >= 15 is 0 Å². The number of nitrogens with zero attached hydrogens (tertiary/aromatic N) is 1. The van der Waals surface area contributed by atoms with Gasteiger partial charge in [0.2, 0.25) is 0 Å². The number of nitro benzene ring substituents is 1. The Kier molecular flexibility index (Phi) is 2.38. The number of benzene rings is 1. The summed E-state index contributed by atoms with van der Waals surface area (Å²) in [6, 6.07) is 3.19. The second-order valence-electron chi connectivity index (χ2n) is 2.65. The molecule has 0 saturated heterocycles. The summed E-state index contributed by atoms with van der Waals surface area (Å²) >= 11 is 11.3. The average molecular weight is 246 g/mol. The summed E-state index contributed by atoms with van der Waals surface area (Å²) in [6.45, 7) is 0. The van der Waals surface area contributed by atoms with Crippen molar-refractivity contribution in [1.82, 2.24) is 0 Å². The Morgan fingerprint density at radius 3 is 2.93 bits per heavy atom. The predicted molar refractivity (Wildman–Crippen MR) is 60.7 cm³/mol. The second-order valence-corrected chi connectivity index (χ2v) is 4.45. The van der Waals surface area contributed by atoms with Crippen LogP contribution in [0, 0.1) is 10.1 Å². The summed E-state index contributed by atoms with van der Waals surface area (Å²) in [5.41, 5.74) is 0.0222. The first kappa shape index (κ1) is 9.76. The van der Waals surface area contributed by atoms with Crippen molar-refractivity contribution in [2.24, 2.45) is 0 Å². The third-order valence-electron chi connectivity index (χ3n) is 1.83. The van der Waals surface area contributed by atoms with Gasteiger partial charge >= 0.3 is 0 Å². The van der Waals surface area contributed by atoms with Gasteiger partial charge in [0.1, 0.15) is 0 Å². The van der Waals surface area contributed by atoms with E-state index in [1.165, 1.54) is 17.4 Å². The zero-order valence-electron chi connectivity index (χ0n) is 6.73. The Balaban J connectivity index is 2.93. The van der Waals surface area contributed by atoms with Crippen molar-refractivity contribution in [3.63, 3.8) is 0 Å². The molecular formula is C8H4ClNO2S2. The van der Waals surface area contributed by atoms with Gasteiger partial charge in [-0.3, -0.25) is 10.1 Å². The van der Waals surface area contributed by atoms with Crippen LogP contribution in [0.1, 0.15) is 0 Å². The zero-order valence-corrected chi connectivity index (χ0v) is 9.20. The molecule has 6 heteroatoms. The van der Waals surface area contributed by atoms with Gasteiger partial charge in [-0.05, 0) is 17.5 Å². The topological polar surface area (TPSA) is 43.1 Å². The molecule has 2 aromatic rings. The van der Waals surface area contributed by atoms with Crippen molar-refractivity contribution in [1.29, 1.82) is 0 Å². The molecule has 1 heterocycles. The van der Waals surface area contributed by atoms with Crippen molar-refractivity contribution in [3.05, 3.63) is 32.6 Å². The number of halogens is 1. The maximum atomic E-state index is 10.8. The number of hydrogen-bond acceptors (Lipinski definition) is 4. The van der Waals surface area contributed by atoms with E-state index in [9.17, 15) is 10.1 Å². The summed E-state index contributed by atoms with van der Waals surface area (Å²) in [7, 11) is 0. The van der Waals surface area contributed by atoms with Gasteiger partial charge in [-0.15, -0.1) is 24.0 Å². The molecule has 2 rings (SSSR count). The largest absolute Gasteiger partial charge is 0.291 e. The molecule has 0 saturated carbocycles. The number of thiophene rings is 1. The Morgan fingerprint density at radius 1 is 1.57 bits per heavy atom. The van der Waals surface area contributed by atoms with Crippen LogP contribution in [0.25, 0.3) is 10.1 Å². The molecule has 0 aliphatic carbocycles. The molecule has 72 valence electrons. The standard InChI is InChI=1S/C8H4ClNO2S2/c9-5-3-6(13)7(10(11)12)4-1-2-14-8(4)5/h1-3,13H. The molecule has 1 aromatic carbocycles. The first-order chi connectivity index (χ1) is 6.61. The molecule has 0 aliphatic heterocycles. The maximum absolute atomic E-state index is 10.8. The van der Waals surface area contributed by atoms with E-state index in [-0.39, 0.29) is 5.69 Å². The van der Waals surface area contributed by atoms with Gasteiger partial charge in [-0.2, -0.15) is 0 Å². The third kappa shape index (κ3) is 1.37. The van der Waals surface area contributed by atoms with Crippen molar-refractivity contribution in [3.8, 4) is 0 Å². The molecule has 0 bridgehead atoms. The number of hydrogen-bond donors (Lipinski definition) is 1. The quantitative estimate of drug-likeness (QED) is 0.472. The minimum absolute atomic E-state index is 0.0222. The monoisotopic (exact) mass is 245 g/mol. The summed E-state index contributed by atoms with van der Waals surface area (Å²) in [5, 5.41) is 13.6. The van der Waals surface area contributed by atoms with E-state index in [1.807, 2.05) is 0 Å². The summed E-state index contributed by atoms with van der Waals surface area (Å²) in [5.74, 6) is 0. The number of thiol groups is 1. The lowest BCUT2D eigenvalue weighted by atomic mass is 10.2. The van der Waals surface area contributed by atoms with E-state index in [4.69, 9.17) is 11.6 Å². The third-order valence-corrected chi connectivity index (χ3v) is 3.52. The van der Waals surface area contributed by atoms with Crippen LogP contribution in [-0.2, 0) is 0 Å². The van der Waals surface area contributed by atoms with Crippen molar-refractivity contribution >= 4 is 51.3 Å². The Labute approximate surface area is 93.9 Å². The van der Waals surface area contributed by atoms with E-state index in [0.717, 1.165) is 4.70 Å². The molecule has 0 radical (unpaired) electrons. The van der Waals surface area contributed by atoms with Crippen LogP contribution in [0.2, 0.25) is 5.02 Å². The molecule has 0 atom stereocenters. The van der Waals surface area contributed by atoms with E-state index in [2.05, 4.69) is 12.6 Å². The van der Waals surface area contributed by atoms with Crippen LogP contribution < -0.4 is 0 Å². The van der Waals surface area contributed by atoms with E-state index < -0.39 is 4.92 Å². The van der Waals surface area contributed by atoms with Gasteiger partial charge in [0.25, 0.3) is 5.69 Å². The highest BCUT2D eigenvalue weighted by Crippen LogP contribution is 2.39. The normalized spacial score (nSPS) is 10.7. The van der Waals surface area contributed by atoms with Gasteiger partial charge < -0.3 is 0 Å². The van der Waals surface area contributed by atoms with Crippen molar-refractivity contribution in [2.45, 2.75) is 4.90 Å². The molecule has 0 spiro atoms. The number of nitro groups is 1. The van der Waals surface area contributed by atoms with Crippen LogP contribution in [0.3, 0.4) is 0 Å². The Hall–Kier alpha value is -0.780. The molecule has 0 amide bonds. The van der Waals surface area contributed by atoms with Crippen LogP contribution in [0.15, 0.2) is 22.4 Å². The SMILES string of the molecule is O=[N+]([O-])c1c(S)cc(Cl)c2sccc12. The lowest BCUT2D eigenvalue weighted by Gasteiger charge is -1.99. The van der Waals surface area contributed by atoms with Crippen LogP contribution >= 0.6 is 35.6 Å². The van der Waals surface area contributed by atoms with Crippen molar-refractivity contribution < 1.29 is 4.92 Å². The van der Waals surface area contributed by atoms with Gasteiger partial charge in [0, 0.05) is 0 Å². The van der Waals surface area contributed by atoms with E-state index in [1.54, 1.807) is 11.4 Å². The molecular weight excluding hydrogens is 242 g/mol. The highest BCUT2D eigenvalue weighted by Gasteiger charge is 2.19. The lowest BCUT2D eigenvalue weighted by molar-refractivity contribution is -0.385. The summed E-state index contributed by atoms with van der Waals surface area (Å²) < 4.78 is 0.733. The minimum Gasteiger partial charge on any atom is -0.258 e. The van der Waals surface area contributed by atoms with E-state index in [0.29, 0.717) is 15.3 Å². The molecule has 0 unspecified atom stereocenters. The predicted octanol–water partition coefficient (Wildman–Crippen LogP) is 3.75. The number of rotatable bonds is 1. The fraction of sp³-hybridized carbons (Fsp3) is 0. The summed E-state index contributed by atoms with van der Waals surface area (Å²) in [4.78, 5) is 10.6. The smallest absolute Gasteiger partial charge is 0.258 e. The average Bonchev–Trinajstić information content (AvgIpc) is 2.51. The summed E-state index contributed by atoms with van der Waals surface area (Å²) in [6.07, 6.45) is 0. The molecule has 3 nitrogen and oxygen atoms in total. The number of fused-ring (bicyclic) bond motifs is 1. The Bertz CT molecular complexity index is 523. The van der Waals surface area contributed by atoms with Crippen LogP contribution in [0.5, 0.6) is 0 Å². The fourth-order valence-corrected chi connectivity index (χ4v) is 2.82. The first-order valence-corrected chi connectivity index (χ1v) is 5.35. The molecule has 0 N–H and O–H groups in total. The molecule has 14 heavy (non-hydrogen) atoms. The zero-order chi connectivity index (χ0) is 10.3. The minimum atomic E-state index is -0.437. The highest BCUT2D eigenvalue weighted by molar-refractivity contribution is 7.80. The Morgan fingerprint density at radius 2 is 2.29 bits per heavy atom. The van der Waals surface area contributed by atoms with Gasteiger partial charge in [0.05, 0.1) is 24.9 Å². The maximum Gasteiger partial charge on any atom is 0.291 e. The van der Waals surface area contributed by atoms with Crippen LogP contribution in [-0.4, -0.2) is 4.92 Å². The van der Waals surface area contributed by atoms with Crippen LogP contribution in [0.4, 0.5) is 5.69 Å². The fourth-order valence-electron chi connectivity index (χ4n) is 1.26. The lowest BCUT2D eigenvalue weighted by Crippen LogP contribution is -1.90. The van der Waals surface area contributed by atoms with Crippen molar-refractivity contribution in [2.75, 3.05) is 0 Å². The molecule has 0 aliphatic rings. The molecule has 1 aromatic heterocycles.